The van der Waals surface area contributed by atoms with E-state index in [2.05, 4.69) is 14.8 Å². The molecule has 2 saturated carbocycles. The fourth-order valence-corrected chi connectivity index (χ4v) is 3.54. The fourth-order valence-electron chi connectivity index (χ4n) is 2.64. The Labute approximate surface area is 134 Å². The minimum atomic E-state index is 0.156. The van der Waals surface area contributed by atoms with Gasteiger partial charge in [0.1, 0.15) is 5.82 Å². The average molecular weight is 313 g/mol. The highest BCUT2D eigenvalue weighted by atomic mass is 32.2. The van der Waals surface area contributed by atoms with Gasteiger partial charge in [0.15, 0.2) is 10.9 Å². The smallest absolute Gasteiger partial charge is 0.191 e. The number of ketones is 1. The minimum absolute atomic E-state index is 0.156. The van der Waals surface area contributed by atoms with Crippen LogP contribution in [-0.2, 0) is 0 Å². The number of hydrogen-bond acceptors (Lipinski definition) is 4. The van der Waals surface area contributed by atoms with Crippen LogP contribution in [0.3, 0.4) is 0 Å². The van der Waals surface area contributed by atoms with E-state index in [0.29, 0.717) is 17.7 Å². The van der Waals surface area contributed by atoms with E-state index >= 15 is 0 Å². The Kier molecular flexibility index (Phi) is 3.53. The van der Waals surface area contributed by atoms with E-state index in [1.807, 2.05) is 31.2 Å². The predicted molar refractivity (Wildman–Crippen MR) is 86.5 cm³/mol. The van der Waals surface area contributed by atoms with Crippen molar-refractivity contribution >= 4 is 17.5 Å². The van der Waals surface area contributed by atoms with Crippen LogP contribution in [0.25, 0.3) is 0 Å². The molecule has 2 fully saturated rings. The van der Waals surface area contributed by atoms with Gasteiger partial charge in [-0.25, -0.2) is 0 Å². The van der Waals surface area contributed by atoms with Gasteiger partial charge in [-0.15, -0.1) is 10.2 Å². The van der Waals surface area contributed by atoms with E-state index in [0.717, 1.165) is 16.5 Å². The normalized spacial score (nSPS) is 17.7. The third-order valence-corrected chi connectivity index (χ3v) is 5.19. The fraction of sp³-hybridized carbons (Fsp3) is 0.471. The molecule has 5 heteroatoms. The second kappa shape index (κ2) is 5.54. The Morgan fingerprint density at radius 3 is 2.55 bits per heavy atom. The van der Waals surface area contributed by atoms with Crippen LogP contribution in [0, 0.1) is 6.92 Å². The molecule has 2 aliphatic carbocycles. The molecule has 0 saturated heterocycles. The maximum absolute atomic E-state index is 12.3. The summed E-state index contributed by atoms with van der Waals surface area (Å²) in [5.41, 5.74) is 1.95. The van der Waals surface area contributed by atoms with Gasteiger partial charge in [0.2, 0.25) is 0 Å². The number of thioether (sulfide) groups is 1. The zero-order valence-electron chi connectivity index (χ0n) is 12.7. The van der Waals surface area contributed by atoms with Crippen molar-refractivity contribution in [2.45, 2.75) is 49.7 Å². The van der Waals surface area contributed by atoms with Crippen LogP contribution in [0.15, 0.2) is 29.4 Å². The van der Waals surface area contributed by atoms with E-state index in [-0.39, 0.29) is 5.78 Å². The first-order chi connectivity index (χ1) is 10.7. The van der Waals surface area contributed by atoms with E-state index < -0.39 is 0 Å². The Morgan fingerprint density at radius 2 is 1.91 bits per heavy atom. The average Bonchev–Trinajstić information content (AvgIpc) is 3.44. The van der Waals surface area contributed by atoms with Crippen LogP contribution in [-0.4, -0.2) is 26.3 Å². The van der Waals surface area contributed by atoms with Gasteiger partial charge in [-0.3, -0.25) is 4.79 Å². The molecule has 0 aliphatic heterocycles. The van der Waals surface area contributed by atoms with Crippen molar-refractivity contribution in [2.24, 2.45) is 0 Å². The Balaban J connectivity index is 1.47. The van der Waals surface area contributed by atoms with E-state index in [1.54, 1.807) is 0 Å². The molecular formula is C17H19N3OS. The Bertz CT molecular complexity index is 699. The summed E-state index contributed by atoms with van der Waals surface area (Å²) < 4.78 is 2.30. The van der Waals surface area contributed by atoms with Crippen molar-refractivity contribution < 1.29 is 4.79 Å². The third kappa shape index (κ3) is 2.82. The summed E-state index contributed by atoms with van der Waals surface area (Å²) in [5, 5.41) is 9.65. The molecule has 0 bridgehead atoms. The van der Waals surface area contributed by atoms with Crippen LogP contribution in [0.5, 0.6) is 0 Å². The summed E-state index contributed by atoms with van der Waals surface area (Å²) in [6, 6.07) is 8.34. The standard InChI is InChI=1S/C17H19N3OS/c1-11-2-4-12(5-3-11)15(21)10-22-17-19-18-16(13-6-7-13)20(17)14-8-9-14/h2-5,13-14H,6-10H2,1H3. The van der Waals surface area contributed by atoms with Crippen molar-refractivity contribution in [3.63, 3.8) is 0 Å². The summed E-state index contributed by atoms with van der Waals surface area (Å²) >= 11 is 1.53. The van der Waals surface area contributed by atoms with Gasteiger partial charge in [0.05, 0.1) is 5.75 Å². The largest absolute Gasteiger partial charge is 0.303 e. The van der Waals surface area contributed by atoms with Crippen molar-refractivity contribution in [3.8, 4) is 0 Å². The van der Waals surface area contributed by atoms with Gasteiger partial charge in [0, 0.05) is 17.5 Å². The molecule has 4 rings (SSSR count). The molecule has 0 radical (unpaired) electrons. The first-order valence-corrected chi connectivity index (χ1v) is 8.88. The van der Waals surface area contributed by atoms with Gasteiger partial charge in [0.25, 0.3) is 0 Å². The number of carbonyl (C=O) groups is 1. The van der Waals surface area contributed by atoms with Crippen LogP contribution in [0.1, 0.15) is 59.4 Å². The molecule has 0 spiro atoms. The third-order valence-electron chi connectivity index (χ3n) is 4.25. The van der Waals surface area contributed by atoms with Crippen molar-refractivity contribution in [3.05, 3.63) is 41.2 Å². The lowest BCUT2D eigenvalue weighted by molar-refractivity contribution is 0.102. The van der Waals surface area contributed by atoms with Gasteiger partial charge in [-0.2, -0.15) is 0 Å². The zero-order chi connectivity index (χ0) is 15.1. The van der Waals surface area contributed by atoms with Crippen LogP contribution < -0.4 is 0 Å². The molecule has 1 heterocycles. The van der Waals surface area contributed by atoms with E-state index in [4.69, 9.17) is 0 Å². The number of rotatable bonds is 6. The number of carbonyl (C=O) groups excluding carboxylic acids is 1. The summed E-state index contributed by atoms with van der Waals surface area (Å²) in [4.78, 5) is 12.3. The number of aryl methyl sites for hydroxylation is 1. The molecule has 0 unspecified atom stereocenters. The van der Waals surface area contributed by atoms with Gasteiger partial charge in [-0.1, -0.05) is 41.6 Å². The SMILES string of the molecule is Cc1ccc(C(=O)CSc2nnc(C3CC3)n2C2CC2)cc1. The number of hydrogen-bond donors (Lipinski definition) is 0. The molecule has 0 N–H and O–H groups in total. The lowest BCUT2D eigenvalue weighted by atomic mass is 10.1. The molecule has 4 nitrogen and oxygen atoms in total. The first kappa shape index (κ1) is 14.0. The summed E-state index contributed by atoms with van der Waals surface area (Å²) in [6.45, 7) is 2.03. The summed E-state index contributed by atoms with van der Waals surface area (Å²) in [6.07, 6.45) is 4.91. The number of aromatic nitrogens is 3. The lowest BCUT2D eigenvalue weighted by Gasteiger charge is -2.07. The highest BCUT2D eigenvalue weighted by Crippen LogP contribution is 2.46. The van der Waals surface area contributed by atoms with Gasteiger partial charge in [-0.05, 0) is 32.6 Å². The van der Waals surface area contributed by atoms with Crippen molar-refractivity contribution in [1.82, 2.24) is 14.8 Å². The van der Waals surface area contributed by atoms with Crippen molar-refractivity contribution in [2.75, 3.05) is 5.75 Å². The molecular weight excluding hydrogens is 294 g/mol. The topological polar surface area (TPSA) is 47.8 Å². The number of benzene rings is 1. The van der Waals surface area contributed by atoms with Crippen LogP contribution in [0.4, 0.5) is 0 Å². The lowest BCUT2D eigenvalue weighted by Crippen LogP contribution is -2.06. The molecule has 0 amide bonds. The van der Waals surface area contributed by atoms with Gasteiger partial charge < -0.3 is 4.57 Å². The highest BCUT2D eigenvalue weighted by Gasteiger charge is 2.36. The molecule has 1 aromatic heterocycles. The monoisotopic (exact) mass is 313 g/mol. The van der Waals surface area contributed by atoms with Crippen LogP contribution in [0.2, 0.25) is 0 Å². The Hall–Kier alpha value is -1.62. The Morgan fingerprint density at radius 1 is 1.18 bits per heavy atom. The quantitative estimate of drug-likeness (QED) is 0.601. The van der Waals surface area contributed by atoms with Crippen molar-refractivity contribution in [1.29, 1.82) is 0 Å². The minimum Gasteiger partial charge on any atom is -0.303 e. The highest BCUT2D eigenvalue weighted by molar-refractivity contribution is 7.99. The summed E-state index contributed by atoms with van der Waals surface area (Å²) in [7, 11) is 0. The van der Waals surface area contributed by atoms with E-state index in [1.165, 1.54) is 43.0 Å². The molecule has 2 aromatic rings. The number of Topliss-reactive ketones (excluding diaryl/α,β-unsaturated/α-hetero) is 1. The molecule has 0 atom stereocenters. The molecule has 1 aromatic carbocycles. The maximum Gasteiger partial charge on any atom is 0.191 e. The predicted octanol–water partition coefficient (Wildman–Crippen LogP) is 3.77. The second-order valence-corrected chi connectivity index (χ2v) is 7.24. The van der Waals surface area contributed by atoms with E-state index in [9.17, 15) is 4.79 Å². The van der Waals surface area contributed by atoms with Gasteiger partial charge >= 0.3 is 0 Å². The molecule has 22 heavy (non-hydrogen) atoms. The zero-order valence-corrected chi connectivity index (χ0v) is 13.5. The first-order valence-electron chi connectivity index (χ1n) is 7.90. The van der Waals surface area contributed by atoms with Crippen LogP contribution >= 0.6 is 11.8 Å². The number of nitrogens with zero attached hydrogens (tertiary/aromatic N) is 3. The maximum atomic E-state index is 12.3. The molecule has 2 aliphatic rings. The molecule has 114 valence electrons. The summed E-state index contributed by atoms with van der Waals surface area (Å²) in [5.74, 6) is 2.34. The second-order valence-electron chi connectivity index (χ2n) is 6.29.